The molecule has 4 atom stereocenters. The third-order valence-corrected chi connectivity index (χ3v) is 3.12. The van der Waals surface area contributed by atoms with Crippen molar-refractivity contribution < 1.29 is 20.1 Å². The Balaban J connectivity index is 2.24. The molecular formula is C13H21N3O5. The number of nitrogens with one attached hydrogen (secondary N) is 1. The van der Waals surface area contributed by atoms with Gasteiger partial charge < -0.3 is 25.4 Å². The quantitative estimate of drug-likeness (QED) is 0.569. The van der Waals surface area contributed by atoms with Gasteiger partial charge in [0.1, 0.15) is 24.1 Å². The monoisotopic (exact) mass is 299 g/mol. The van der Waals surface area contributed by atoms with Gasteiger partial charge in [-0.2, -0.15) is 4.98 Å². The fourth-order valence-electron chi connectivity index (χ4n) is 2.17. The van der Waals surface area contributed by atoms with Crippen LogP contribution >= 0.6 is 0 Å². The van der Waals surface area contributed by atoms with Crippen LogP contribution in [0.3, 0.4) is 0 Å². The topological polar surface area (TPSA) is 117 Å². The number of hydrogen-bond donors (Lipinski definition) is 4. The molecule has 1 fully saturated rings. The molecule has 0 aliphatic carbocycles. The summed E-state index contributed by atoms with van der Waals surface area (Å²) >= 11 is 0. The van der Waals surface area contributed by atoms with E-state index in [1.165, 1.54) is 6.20 Å². The molecular weight excluding hydrogens is 278 g/mol. The third kappa shape index (κ3) is 3.41. The van der Waals surface area contributed by atoms with Gasteiger partial charge in [-0.15, -0.1) is 0 Å². The first kappa shape index (κ1) is 15.9. The van der Waals surface area contributed by atoms with Crippen molar-refractivity contribution >= 4 is 5.82 Å². The number of aliphatic hydroxyl groups excluding tert-OH is 3. The summed E-state index contributed by atoms with van der Waals surface area (Å²) in [6.45, 7) is 5.37. The predicted octanol–water partition coefficient (Wildman–Crippen LogP) is -0.935. The molecule has 0 radical (unpaired) electrons. The molecule has 1 aromatic rings. The zero-order chi connectivity index (χ0) is 15.8. The summed E-state index contributed by atoms with van der Waals surface area (Å²) < 4.78 is 6.39. The van der Waals surface area contributed by atoms with Gasteiger partial charge in [0.05, 0.1) is 6.61 Å². The van der Waals surface area contributed by atoms with Crippen LogP contribution < -0.4 is 11.0 Å². The van der Waals surface area contributed by atoms with Gasteiger partial charge in [0.2, 0.25) is 0 Å². The summed E-state index contributed by atoms with van der Waals surface area (Å²) in [4.78, 5) is 15.9. The highest BCUT2D eigenvalue weighted by molar-refractivity contribution is 5.34. The first-order valence-corrected chi connectivity index (χ1v) is 6.73. The number of aromatic nitrogens is 2. The van der Waals surface area contributed by atoms with E-state index in [9.17, 15) is 15.0 Å². The second-order valence-corrected chi connectivity index (χ2v) is 6.11. The minimum absolute atomic E-state index is 0.243. The third-order valence-electron chi connectivity index (χ3n) is 3.12. The number of rotatable bonds is 3. The Kier molecular flexibility index (Phi) is 4.33. The van der Waals surface area contributed by atoms with Crippen molar-refractivity contribution in [3.63, 3.8) is 0 Å². The highest BCUT2D eigenvalue weighted by atomic mass is 16.6. The molecule has 21 heavy (non-hydrogen) atoms. The Morgan fingerprint density at radius 1 is 1.38 bits per heavy atom. The van der Waals surface area contributed by atoms with Crippen LogP contribution in [0.25, 0.3) is 0 Å². The van der Waals surface area contributed by atoms with Gasteiger partial charge in [0.25, 0.3) is 0 Å². The zero-order valence-electron chi connectivity index (χ0n) is 12.2. The van der Waals surface area contributed by atoms with Crippen LogP contribution in [0.4, 0.5) is 5.82 Å². The van der Waals surface area contributed by atoms with Crippen LogP contribution in [0.15, 0.2) is 17.1 Å². The fourth-order valence-corrected chi connectivity index (χ4v) is 2.17. The smallest absolute Gasteiger partial charge is 0.351 e. The van der Waals surface area contributed by atoms with Crippen molar-refractivity contribution in [3.8, 4) is 0 Å². The molecule has 1 aromatic heterocycles. The lowest BCUT2D eigenvalue weighted by molar-refractivity contribution is -0.0549. The van der Waals surface area contributed by atoms with Crippen molar-refractivity contribution in [2.24, 2.45) is 0 Å². The summed E-state index contributed by atoms with van der Waals surface area (Å²) in [5, 5.41) is 31.7. The summed E-state index contributed by atoms with van der Waals surface area (Å²) in [5.74, 6) is 0.412. The lowest BCUT2D eigenvalue weighted by Gasteiger charge is -2.22. The molecule has 118 valence electrons. The Bertz CT molecular complexity index is 553. The van der Waals surface area contributed by atoms with Crippen LogP contribution in [0.1, 0.15) is 27.0 Å². The molecule has 0 saturated carbocycles. The van der Waals surface area contributed by atoms with E-state index in [-0.39, 0.29) is 5.54 Å². The zero-order valence-corrected chi connectivity index (χ0v) is 12.2. The van der Waals surface area contributed by atoms with E-state index >= 15 is 0 Å². The second-order valence-electron chi connectivity index (χ2n) is 6.11. The molecule has 1 saturated heterocycles. The average molecular weight is 299 g/mol. The molecule has 2 heterocycles. The molecule has 2 rings (SSSR count). The highest BCUT2D eigenvalue weighted by Crippen LogP contribution is 2.28. The first-order chi connectivity index (χ1) is 9.73. The molecule has 8 heteroatoms. The maximum absolute atomic E-state index is 12.0. The van der Waals surface area contributed by atoms with Crippen LogP contribution in [0, 0.1) is 0 Å². The number of nitrogens with zero attached hydrogens (tertiary/aromatic N) is 2. The van der Waals surface area contributed by atoms with Gasteiger partial charge in [0, 0.05) is 11.7 Å². The molecule has 0 spiro atoms. The number of ether oxygens (including phenoxy) is 1. The van der Waals surface area contributed by atoms with Crippen molar-refractivity contribution in [3.05, 3.63) is 22.7 Å². The number of hydrogen-bond acceptors (Lipinski definition) is 7. The molecule has 0 bridgehead atoms. The molecule has 4 N–H and O–H groups in total. The molecule has 1 aliphatic rings. The predicted molar refractivity (Wildman–Crippen MR) is 74.9 cm³/mol. The van der Waals surface area contributed by atoms with Gasteiger partial charge in [0.15, 0.2) is 6.23 Å². The number of anilines is 1. The summed E-state index contributed by atoms with van der Waals surface area (Å²) in [5.41, 5.74) is -0.855. The lowest BCUT2D eigenvalue weighted by Crippen LogP contribution is -2.36. The second kappa shape index (κ2) is 5.72. The highest BCUT2D eigenvalue weighted by Gasteiger charge is 2.43. The van der Waals surface area contributed by atoms with E-state index in [0.717, 1.165) is 4.57 Å². The normalized spacial score (nSPS) is 29.6. The summed E-state index contributed by atoms with van der Waals surface area (Å²) in [6, 6.07) is 1.58. The van der Waals surface area contributed by atoms with Gasteiger partial charge in [-0.1, -0.05) is 0 Å². The minimum Gasteiger partial charge on any atom is -0.394 e. The largest absolute Gasteiger partial charge is 0.394 e. The molecule has 1 aliphatic heterocycles. The van der Waals surface area contributed by atoms with Crippen molar-refractivity contribution in [2.45, 2.75) is 50.8 Å². The molecule has 0 aromatic carbocycles. The Morgan fingerprint density at radius 3 is 2.52 bits per heavy atom. The van der Waals surface area contributed by atoms with E-state index in [1.807, 2.05) is 20.8 Å². The first-order valence-electron chi connectivity index (χ1n) is 6.73. The van der Waals surface area contributed by atoms with E-state index in [4.69, 9.17) is 9.84 Å². The maximum atomic E-state index is 12.0. The van der Waals surface area contributed by atoms with Crippen molar-refractivity contribution in [1.82, 2.24) is 9.55 Å². The number of aliphatic hydroxyl groups is 3. The van der Waals surface area contributed by atoms with Crippen LogP contribution in [0.5, 0.6) is 0 Å². The van der Waals surface area contributed by atoms with E-state index in [2.05, 4.69) is 10.3 Å². The van der Waals surface area contributed by atoms with Gasteiger partial charge >= 0.3 is 5.69 Å². The Morgan fingerprint density at radius 2 is 2.05 bits per heavy atom. The molecule has 8 nitrogen and oxygen atoms in total. The standard InChI is InChI=1S/C13H21N3O5/c1-13(2,3)15-8-4-5-16(12(20)14-8)11-10(19)9(18)7(6-17)21-11/h4-5,7,9-11,17-19H,6H2,1-3H3,(H,14,15,20). The Hall–Kier alpha value is -1.48. The van der Waals surface area contributed by atoms with E-state index < -0.39 is 36.8 Å². The summed E-state index contributed by atoms with van der Waals surface area (Å²) in [6.07, 6.45) is -3.11. The van der Waals surface area contributed by atoms with Crippen molar-refractivity contribution in [1.29, 1.82) is 0 Å². The average Bonchev–Trinajstić information content (AvgIpc) is 2.65. The molecule has 4 unspecified atom stereocenters. The SMILES string of the molecule is CC(C)(C)Nc1ccn(C2OC(CO)C(O)C2O)c(=O)n1. The van der Waals surface area contributed by atoms with Crippen LogP contribution in [-0.4, -0.2) is 55.3 Å². The Labute approximate surface area is 122 Å². The van der Waals surface area contributed by atoms with Gasteiger partial charge in [-0.05, 0) is 26.8 Å². The lowest BCUT2D eigenvalue weighted by atomic mass is 10.1. The van der Waals surface area contributed by atoms with Crippen LogP contribution in [0.2, 0.25) is 0 Å². The minimum atomic E-state index is -1.30. The molecule has 0 amide bonds. The summed E-state index contributed by atoms with van der Waals surface area (Å²) in [7, 11) is 0. The van der Waals surface area contributed by atoms with E-state index in [1.54, 1.807) is 6.07 Å². The fraction of sp³-hybridized carbons (Fsp3) is 0.692. The van der Waals surface area contributed by atoms with Crippen molar-refractivity contribution in [2.75, 3.05) is 11.9 Å². The van der Waals surface area contributed by atoms with E-state index in [0.29, 0.717) is 5.82 Å². The van der Waals surface area contributed by atoms with Gasteiger partial charge in [-0.3, -0.25) is 4.57 Å². The van der Waals surface area contributed by atoms with Gasteiger partial charge in [-0.25, -0.2) is 4.79 Å². The van der Waals surface area contributed by atoms with Crippen LogP contribution in [-0.2, 0) is 4.74 Å². The maximum Gasteiger partial charge on any atom is 0.351 e.